The van der Waals surface area contributed by atoms with Gasteiger partial charge in [-0.15, -0.1) is 0 Å². The second-order valence-electron chi connectivity index (χ2n) is 5.15. The highest BCUT2D eigenvalue weighted by atomic mass is 35.5. The first-order valence-corrected chi connectivity index (χ1v) is 7.58. The molecule has 114 valence electrons. The molecular weight excluding hydrogens is 302 g/mol. The van der Waals surface area contributed by atoms with Crippen molar-refractivity contribution < 1.29 is 9.53 Å². The molecule has 1 fully saturated rings. The molecule has 1 amide bonds. The van der Waals surface area contributed by atoms with E-state index in [-0.39, 0.29) is 12.0 Å². The van der Waals surface area contributed by atoms with Gasteiger partial charge in [-0.1, -0.05) is 11.6 Å². The zero-order chi connectivity index (χ0) is 15.4. The van der Waals surface area contributed by atoms with Gasteiger partial charge in [-0.25, -0.2) is 4.98 Å². The minimum absolute atomic E-state index is 0.0713. The van der Waals surface area contributed by atoms with Gasteiger partial charge in [-0.05, 0) is 24.3 Å². The molecule has 2 heterocycles. The van der Waals surface area contributed by atoms with E-state index < -0.39 is 0 Å². The molecule has 1 aliphatic rings. The second kappa shape index (κ2) is 6.75. The van der Waals surface area contributed by atoms with Crippen LogP contribution < -0.4 is 4.74 Å². The Kier molecular flexibility index (Phi) is 4.53. The van der Waals surface area contributed by atoms with E-state index in [2.05, 4.69) is 9.97 Å². The Bertz CT molecular complexity index is 626. The van der Waals surface area contributed by atoms with Crippen LogP contribution in [-0.2, 0) is 0 Å². The summed E-state index contributed by atoms with van der Waals surface area (Å²) < 4.78 is 5.92. The number of likely N-dealkylation sites (tertiary alicyclic amines) is 1. The Labute approximate surface area is 133 Å². The topological polar surface area (TPSA) is 55.3 Å². The summed E-state index contributed by atoms with van der Waals surface area (Å²) in [4.78, 5) is 22.1. The van der Waals surface area contributed by atoms with E-state index >= 15 is 0 Å². The number of halogens is 1. The van der Waals surface area contributed by atoms with Crippen LogP contribution in [0.4, 0.5) is 0 Å². The summed E-state index contributed by atoms with van der Waals surface area (Å²) >= 11 is 5.86. The third kappa shape index (κ3) is 3.54. The van der Waals surface area contributed by atoms with Crippen LogP contribution in [0.3, 0.4) is 0 Å². The Hall–Kier alpha value is -2.14. The Balaban J connectivity index is 1.54. The molecule has 0 atom stereocenters. The molecule has 2 aromatic rings. The van der Waals surface area contributed by atoms with E-state index in [1.165, 1.54) is 12.4 Å². The van der Waals surface area contributed by atoms with E-state index in [1.807, 2.05) is 24.3 Å². The van der Waals surface area contributed by atoms with E-state index in [4.69, 9.17) is 16.3 Å². The lowest BCUT2D eigenvalue weighted by Crippen LogP contribution is -2.42. The van der Waals surface area contributed by atoms with Crippen LogP contribution in [0.5, 0.6) is 5.75 Å². The third-order valence-corrected chi connectivity index (χ3v) is 3.88. The first-order chi connectivity index (χ1) is 10.7. The molecule has 1 aliphatic heterocycles. The molecule has 3 rings (SSSR count). The van der Waals surface area contributed by atoms with Gasteiger partial charge in [0.2, 0.25) is 0 Å². The fraction of sp³-hybridized carbons (Fsp3) is 0.312. The van der Waals surface area contributed by atoms with Gasteiger partial charge in [-0.3, -0.25) is 9.78 Å². The molecule has 0 N–H and O–H groups in total. The van der Waals surface area contributed by atoms with E-state index in [1.54, 1.807) is 11.1 Å². The van der Waals surface area contributed by atoms with E-state index in [0.29, 0.717) is 23.8 Å². The molecule has 5 nitrogen and oxygen atoms in total. The molecule has 0 unspecified atom stereocenters. The Morgan fingerprint density at radius 2 is 1.91 bits per heavy atom. The predicted molar refractivity (Wildman–Crippen MR) is 83.0 cm³/mol. The number of ether oxygens (including phenoxy) is 1. The summed E-state index contributed by atoms with van der Waals surface area (Å²) in [6, 6.07) is 7.34. The number of carbonyl (C=O) groups is 1. The normalized spacial score (nSPS) is 15.6. The Morgan fingerprint density at radius 1 is 1.18 bits per heavy atom. The minimum Gasteiger partial charge on any atom is -0.490 e. The van der Waals surface area contributed by atoms with Crippen molar-refractivity contribution in [3.8, 4) is 5.75 Å². The van der Waals surface area contributed by atoms with Gasteiger partial charge >= 0.3 is 0 Å². The maximum Gasteiger partial charge on any atom is 0.274 e. The van der Waals surface area contributed by atoms with Crippen LogP contribution in [0.2, 0.25) is 5.02 Å². The number of carbonyl (C=O) groups excluding carboxylic acids is 1. The van der Waals surface area contributed by atoms with Gasteiger partial charge < -0.3 is 9.64 Å². The van der Waals surface area contributed by atoms with Crippen LogP contribution in [-0.4, -0.2) is 40.0 Å². The quantitative estimate of drug-likeness (QED) is 0.873. The average molecular weight is 318 g/mol. The average Bonchev–Trinajstić information content (AvgIpc) is 2.58. The van der Waals surface area contributed by atoms with E-state index in [9.17, 15) is 4.79 Å². The van der Waals surface area contributed by atoms with Crippen LogP contribution in [0, 0.1) is 0 Å². The molecular formula is C16H16ClN3O2. The fourth-order valence-electron chi connectivity index (χ4n) is 2.45. The lowest BCUT2D eigenvalue weighted by Gasteiger charge is -2.32. The van der Waals surface area contributed by atoms with Crippen LogP contribution >= 0.6 is 11.6 Å². The summed E-state index contributed by atoms with van der Waals surface area (Å²) in [5.41, 5.74) is 0.388. The molecule has 22 heavy (non-hydrogen) atoms. The number of hydrogen-bond acceptors (Lipinski definition) is 4. The van der Waals surface area contributed by atoms with Gasteiger partial charge in [0.1, 0.15) is 17.5 Å². The van der Waals surface area contributed by atoms with E-state index in [0.717, 1.165) is 18.6 Å². The molecule has 6 heteroatoms. The van der Waals surface area contributed by atoms with Crippen molar-refractivity contribution in [1.29, 1.82) is 0 Å². The first kappa shape index (κ1) is 14.8. The highest BCUT2D eigenvalue weighted by molar-refractivity contribution is 6.30. The first-order valence-electron chi connectivity index (χ1n) is 7.20. The highest BCUT2D eigenvalue weighted by Gasteiger charge is 2.25. The van der Waals surface area contributed by atoms with Crippen molar-refractivity contribution in [2.24, 2.45) is 0 Å². The SMILES string of the molecule is O=C(c1cnccn1)N1CCC(Oc2ccc(Cl)cc2)CC1. The summed E-state index contributed by atoms with van der Waals surface area (Å²) in [5, 5.41) is 0.691. The fourth-order valence-corrected chi connectivity index (χ4v) is 2.58. The molecule has 0 saturated carbocycles. The lowest BCUT2D eigenvalue weighted by molar-refractivity contribution is 0.0589. The van der Waals surface area contributed by atoms with Crippen LogP contribution in [0.15, 0.2) is 42.9 Å². The van der Waals surface area contributed by atoms with Gasteiger partial charge in [0.25, 0.3) is 5.91 Å². The summed E-state index contributed by atoms with van der Waals surface area (Å²) in [6.07, 6.45) is 6.31. The molecule has 1 saturated heterocycles. The highest BCUT2D eigenvalue weighted by Crippen LogP contribution is 2.21. The predicted octanol–water partition coefficient (Wildman–Crippen LogP) is 2.81. The van der Waals surface area contributed by atoms with Crippen molar-refractivity contribution in [1.82, 2.24) is 14.9 Å². The zero-order valence-corrected chi connectivity index (χ0v) is 12.7. The number of aromatic nitrogens is 2. The smallest absolute Gasteiger partial charge is 0.274 e. The van der Waals surface area contributed by atoms with Crippen molar-refractivity contribution in [2.45, 2.75) is 18.9 Å². The number of rotatable bonds is 3. The zero-order valence-electron chi connectivity index (χ0n) is 12.0. The van der Waals surface area contributed by atoms with Gasteiger partial charge in [0, 0.05) is 43.3 Å². The standard InChI is InChI=1S/C16H16ClN3O2/c17-12-1-3-13(4-2-12)22-14-5-9-20(10-6-14)16(21)15-11-18-7-8-19-15/h1-4,7-8,11,14H,5-6,9-10H2. The van der Waals surface area contributed by atoms with Crippen molar-refractivity contribution in [3.63, 3.8) is 0 Å². The monoisotopic (exact) mass is 317 g/mol. The number of piperidine rings is 1. The lowest BCUT2D eigenvalue weighted by atomic mass is 10.1. The van der Waals surface area contributed by atoms with Gasteiger partial charge in [-0.2, -0.15) is 0 Å². The van der Waals surface area contributed by atoms with Crippen molar-refractivity contribution >= 4 is 17.5 Å². The number of nitrogens with zero attached hydrogens (tertiary/aromatic N) is 3. The number of benzene rings is 1. The van der Waals surface area contributed by atoms with Gasteiger partial charge in [0.15, 0.2) is 0 Å². The summed E-state index contributed by atoms with van der Waals surface area (Å²) in [7, 11) is 0. The largest absolute Gasteiger partial charge is 0.490 e. The van der Waals surface area contributed by atoms with Crippen LogP contribution in [0.1, 0.15) is 23.3 Å². The molecule has 0 bridgehead atoms. The van der Waals surface area contributed by atoms with Crippen molar-refractivity contribution in [2.75, 3.05) is 13.1 Å². The molecule has 1 aromatic heterocycles. The molecule has 1 aromatic carbocycles. The molecule has 0 spiro atoms. The van der Waals surface area contributed by atoms with Gasteiger partial charge in [0.05, 0.1) is 6.20 Å². The maximum atomic E-state index is 12.3. The number of amides is 1. The van der Waals surface area contributed by atoms with Crippen LogP contribution in [0.25, 0.3) is 0 Å². The second-order valence-corrected chi connectivity index (χ2v) is 5.59. The maximum absolute atomic E-state index is 12.3. The summed E-state index contributed by atoms with van der Waals surface area (Å²) in [5.74, 6) is 0.737. The molecule has 0 radical (unpaired) electrons. The minimum atomic E-state index is -0.0713. The van der Waals surface area contributed by atoms with Crippen molar-refractivity contribution in [3.05, 3.63) is 53.6 Å². The molecule has 0 aliphatic carbocycles. The third-order valence-electron chi connectivity index (χ3n) is 3.63. The number of hydrogen-bond donors (Lipinski definition) is 0. The Morgan fingerprint density at radius 3 is 2.55 bits per heavy atom. The summed E-state index contributed by atoms with van der Waals surface area (Å²) in [6.45, 7) is 1.32.